The number of hydrogen-bond acceptors (Lipinski definition) is 5. The van der Waals surface area contributed by atoms with Gasteiger partial charge in [0, 0.05) is 11.6 Å². The monoisotopic (exact) mass is 391 g/mol. The van der Waals surface area contributed by atoms with Gasteiger partial charge in [-0.05, 0) is 63.9 Å². The van der Waals surface area contributed by atoms with Crippen molar-refractivity contribution in [2.24, 2.45) is 5.92 Å². The van der Waals surface area contributed by atoms with Crippen LogP contribution in [0.25, 0.3) is 0 Å². The normalized spacial score (nSPS) is 34.1. The molecule has 3 fully saturated rings. The predicted molar refractivity (Wildman–Crippen MR) is 108 cm³/mol. The Morgan fingerprint density at radius 2 is 1.78 bits per heavy atom. The van der Waals surface area contributed by atoms with Crippen LogP contribution in [0.4, 0.5) is 10.5 Å². The molecule has 2 saturated heterocycles. The summed E-state index contributed by atoms with van der Waals surface area (Å²) < 4.78 is 17.9. The molecule has 0 spiro atoms. The molecule has 146 valence electrons. The van der Waals surface area contributed by atoms with Gasteiger partial charge in [0.25, 0.3) is 0 Å². The lowest BCUT2D eigenvalue weighted by Crippen LogP contribution is -2.41. The topological polar surface area (TPSA) is 68.2 Å². The van der Waals surface area contributed by atoms with Crippen molar-refractivity contribution in [3.63, 3.8) is 0 Å². The molecule has 0 bridgehead atoms. The molecule has 1 aliphatic carbocycles. The Balaban J connectivity index is 1.55. The molecule has 2 aliphatic heterocycles. The largest absolute Gasteiger partial charge is 0.495 e. The van der Waals surface area contributed by atoms with Crippen LogP contribution in [0.5, 0.6) is 0 Å². The number of amides is 1. The van der Waals surface area contributed by atoms with Crippen LogP contribution >= 0.6 is 9.24 Å². The third-order valence-corrected chi connectivity index (χ3v) is 6.94. The highest BCUT2D eigenvalue weighted by molar-refractivity contribution is 7.28. The number of carbonyl (C=O) groups excluding carboxylic acids is 1. The molecule has 4 atom stereocenters. The van der Waals surface area contributed by atoms with Gasteiger partial charge >= 0.3 is 13.2 Å². The average Bonchev–Trinajstić information content (AvgIpc) is 3.14. The van der Waals surface area contributed by atoms with E-state index in [1.807, 2.05) is 52.8 Å². The summed E-state index contributed by atoms with van der Waals surface area (Å²) in [6.45, 7) is 10.4. The summed E-state index contributed by atoms with van der Waals surface area (Å²) >= 11 is 0. The van der Waals surface area contributed by atoms with Crippen molar-refractivity contribution in [2.45, 2.75) is 63.9 Å². The fraction of sp³-hybridized carbons (Fsp3) is 0.632. The number of aliphatic hydroxyl groups is 1. The van der Waals surface area contributed by atoms with Crippen LogP contribution in [0.1, 0.15) is 41.0 Å². The van der Waals surface area contributed by atoms with E-state index in [9.17, 15) is 9.90 Å². The van der Waals surface area contributed by atoms with Crippen molar-refractivity contribution in [3.8, 4) is 0 Å². The molecule has 8 heteroatoms. The number of rotatable bonds is 3. The van der Waals surface area contributed by atoms with Gasteiger partial charge in [0.15, 0.2) is 0 Å². The van der Waals surface area contributed by atoms with Crippen LogP contribution in [0.2, 0.25) is 0 Å². The van der Waals surface area contributed by atoms with Crippen LogP contribution in [0, 0.1) is 5.92 Å². The number of carbonyl (C=O) groups is 1. The lowest BCUT2D eigenvalue weighted by Gasteiger charge is -2.32. The smallest absolute Gasteiger partial charge is 0.441 e. The summed E-state index contributed by atoms with van der Waals surface area (Å²) in [6, 6.07) is 5.76. The molecule has 4 rings (SSSR count). The van der Waals surface area contributed by atoms with Gasteiger partial charge in [0.05, 0.1) is 23.9 Å². The summed E-state index contributed by atoms with van der Waals surface area (Å²) in [5, 5.41) is 10.7. The molecule has 6 nitrogen and oxygen atoms in total. The number of benzene rings is 1. The van der Waals surface area contributed by atoms with Crippen LogP contribution < -0.4 is 15.7 Å². The highest BCUT2D eigenvalue weighted by Gasteiger charge is 2.57. The number of hydrogen-bond donors (Lipinski definition) is 1. The molecule has 1 amide bonds. The van der Waals surface area contributed by atoms with E-state index in [0.29, 0.717) is 13.0 Å². The summed E-state index contributed by atoms with van der Waals surface area (Å²) in [5.41, 5.74) is 0.250. The van der Waals surface area contributed by atoms with E-state index >= 15 is 0 Å². The van der Waals surface area contributed by atoms with Crippen LogP contribution in [-0.4, -0.2) is 47.8 Å². The summed E-state index contributed by atoms with van der Waals surface area (Å²) in [7, 11) is 2.26. The van der Waals surface area contributed by atoms with E-state index in [4.69, 9.17) is 14.0 Å². The summed E-state index contributed by atoms with van der Waals surface area (Å²) in [5.74, 6) is 0.0194. The lowest BCUT2D eigenvalue weighted by atomic mass is 9.79. The lowest BCUT2D eigenvalue weighted by molar-refractivity contribution is 0.00578. The van der Waals surface area contributed by atoms with E-state index in [0.717, 1.165) is 16.5 Å². The second-order valence-corrected chi connectivity index (χ2v) is 9.70. The first kappa shape index (κ1) is 19.2. The fourth-order valence-corrected chi connectivity index (χ4v) is 4.21. The van der Waals surface area contributed by atoms with Crippen molar-refractivity contribution in [1.29, 1.82) is 0 Å². The minimum atomic E-state index is -0.637. The maximum absolute atomic E-state index is 12.4. The molecule has 1 aromatic rings. The number of nitrogens with zero attached hydrogens (tertiary/aromatic N) is 1. The van der Waals surface area contributed by atoms with E-state index in [-0.39, 0.29) is 18.1 Å². The molecular formula is C19H27BNO5P. The Kier molecular flexibility index (Phi) is 4.22. The molecule has 27 heavy (non-hydrogen) atoms. The van der Waals surface area contributed by atoms with Gasteiger partial charge in [-0.25, -0.2) is 4.79 Å². The zero-order chi connectivity index (χ0) is 19.8. The van der Waals surface area contributed by atoms with Gasteiger partial charge in [-0.2, -0.15) is 0 Å². The third kappa shape index (κ3) is 3.09. The highest BCUT2D eigenvalue weighted by Crippen LogP contribution is 2.46. The van der Waals surface area contributed by atoms with Gasteiger partial charge in [0.1, 0.15) is 5.60 Å². The Morgan fingerprint density at radius 3 is 2.30 bits per heavy atom. The van der Waals surface area contributed by atoms with Crippen LogP contribution in [0.3, 0.4) is 0 Å². The maximum atomic E-state index is 12.4. The average molecular weight is 391 g/mol. The van der Waals surface area contributed by atoms with Gasteiger partial charge < -0.3 is 19.2 Å². The van der Waals surface area contributed by atoms with E-state index in [1.165, 1.54) is 0 Å². The SMILES string of the molecule is CC1(C)OB(c2ccc(N3C[C@](C)([C@@H]4CC4O)OC3=O)cc2P)OC1(C)C. The quantitative estimate of drug-likeness (QED) is 0.626. The Labute approximate surface area is 162 Å². The second kappa shape index (κ2) is 5.93. The van der Waals surface area contributed by atoms with Gasteiger partial charge in [-0.1, -0.05) is 6.07 Å². The second-order valence-electron chi connectivity index (χ2n) is 9.08. The van der Waals surface area contributed by atoms with Crippen molar-refractivity contribution in [3.05, 3.63) is 18.2 Å². The summed E-state index contributed by atoms with van der Waals surface area (Å²) in [4.78, 5) is 14.0. The van der Waals surface area contributed by atoms with Crippen molar-refractivity contribution < 1.29 is 23.9 Å². The van der Waals surface area contributed by atoms with Gasteiger partial charge in [-0.15, -0.1) is 9.24 Å². The standard InChI is InChI=1S/C19H27BNO5P/c1-17(2)18(3,4)26-20(25-17)13-7-6-11(8-15(13)27)21-10-19(5,24-16(21)23)12-9-14(12)22/h6-8,12,14,22H,9-10,27H2,1-5H3/t12-,14?,19-/m1/s1. The number of anilines is 1. The Morgan fingerprint density at radius 1 is 1.19 bits per heavy atom. The van der Waals surface area contributed by atoms with E-state index < -0.39 is 23.9 Å². The van der Waals surface area contributed by atoms with Crippen LogP contribution in [-0.2, 0) is 14.0 Å². The number of aliphatic hydroxyl groups excluding tert-OH is 1. The van der Waals surface area contributed by atoms with Crippen molar-refractivity contribution in [1.82, 2.24) is 0 Å². The molecule has 1 saturated carbocycles. The predicted octanol–water partition coefficient (Wildman–Crippen LogP) is 1.58. The zero-order valence-corrected chi connectivity index (χ0v) is 17.6. The summed E-state index contributed by atoms with van der Waals surface area (Å²) in [6.07, 6.45) is -0.0527. The molecule has 0 aromatic heterocycles. The van der Waals surface area contributed by atoms with Gasteiger partial charge in [0.2, 0.25) is 0 Å². The van der Waals surface area contributed by atoms with Crippen LogP contribution in [0.15, 0.2) is 18.2 Å². The molecule has 2 unspecified atom stereocenters. The first-order chi connectivity index (χ1) is 12.4. The van der Waals surface area contributed by atoms with Gasteiger partial charge in [-0.3, -0.25) is 4.90 Å². The highest BCUT2D eigenvalue weighted by atomic mass is 31.0. The third-order valence-electron chi connectivity index (χ3n) is 6.44. The Hall–Kier alpha value is -1.14. The molecule has 1 aromatic carbocycles. The number of cyclic esters (lactones) is 1. The molecular weight excluding hydrogens is 364 g/mol. The fourth-order valence-electron chi connectivity index (χ4n) is 3.81. The van der Waals surface area contributed by atoms with Crippen molar-refractivity contribution >= 4 is 38.9 Å². The first-order valence-electron chi connectivity index (χ1n) is 9.37. The maximum Gasteiger partial charge on any atom is 0.495 e. The van der Waals surface area contributed by atoms with E-state index in [2.05, 4.69) is 9.24 Å². The Bertz CT molecular complexity index is 784. The van der Waals surface area contributed by atoms with Crippen molar-refractivity contribution in [2.75, 3.05) is 11.4 Å². The first-order valence-corrected chi connectivity index (χ1v) is 9.95. The van der Waals surface area contributed by atoms with E-state index in [1.54, 1.807) is 4.90 Å². The molecule has 0 radical (unpaired) electrons. The molecule has 3 aliphatic rings. The minimum Gasteiger partial charge on any atom is -0.441 e. The minimum absolute atomic E-state index is 0.0194. The zero-order valence-electron chi connectivity index (χ0n) is 16.5. The molecule has 1 N–H and O–H groups in total. The molecule has 2 heterocycles. The number of ether oxygens (including phenoxy) is 1.